The van der Waals surface area contributed by atoms with Gasteiger partial charge >= 0.3 is 5.97 Å². The predicted molar refractivity (Wildman–Crippen MR) is 112 cm³/mol. The summed E-state index contributed by atoms with van der Waals surface area (Å²) in [6.45, 7) is 4.04. The van der Waals surface area contributed by atoms with E-state index in [1.54, 1.807) is 0 Å². The number of carbonyl (C=O) groups is 2. The third-order valence-electron chi connectivity index (χ3n) is 8.74. The number of carboxylic acid groups (broad SMARTS) is 1. The number of rotatable bonds is 5. The molecular formula is C23H34N2O5. The Hall–Kier alpha value is -1.89. The summed E-state index contributed by atoms with van der Waals surface area (Å²) in [4.78, 5) is 27.2. The number of aliphatic hydroxyl groups is 1. The van der Waals surface area contributed by atoms with Crippen LogP contribution >= 0.6 is 0 Å². The van der Waals surface area contributed by atoms with Gasteiger partial charge in [0.15, 0.2) is 6.61 Å². The van der Waals surface area contributed by atoms with Gasteiger partial charge in [0.25, 0.3) is 5.91 Å². The van der Waals surface area contributed by atoms with E-state index in [4.69, 9.17) is 9.94 Å². The number of carbonyl (C=O) groups excluding carboxylic acids is 1. The molecule has 0 spiro atoms. The number of aliphatic hydroxyl groups excluding tert-OH is 1. The molecule has 0 aliphatic heterocycles. The average Bonchev–Trinajstić information content (AvgIpc) is 3.01. The minimum atomic E-state index is -1.09. The number of fused-ring (bicyclic) bond motifs is 5. The first-order chi connectivity index (χ1) is 14.2. The van der Waals surface area contributed by atoms with Crippen molar-refractivity contribution in [1.29, 1.82) is 0 Å². The molecule has 3 N–H and O–H groups in total. The fourth-order valence-corrected chi connectivity index (χ4v) is 7.01. The molecule has 166 valence electrons. The van der Waals surface area contributed by atoms with Crippen molar-refractivity contribution in [3.63, 3.8) is 0 Å². The van der Waals surface area contributed by atoms with Crippen LogP contribution in [0.2, 0.25) is 0 Å². The summed E-state index contributed by atoms with van der Waals surface area (Å²) in [6, 6.07) is 0. The molecule has 4 aliphatic carbocycles. The third kappa shape index (κ3) is 3.66. The molecule has 0 radical (unpaired) electrons. The van der Waals surface area contributed by atoms with Gasteiger partial charge in [-0.15, -0.1) is 0 Å². The van der Waals surface area contributed by atoms with Crippen LogP contribution < -0.4 is 5.32 Å². The van der Waals surface area contributed by atoms with Crippen molar-refractivity contribution in [2.45, 2.75) is 71.3 Å². The lowest BCUT2D eigenvalue weighted by molar-refractivity contribution is -0.138. The number of aliphatic carboxylic acids is 1. The van der Waals surface area contributed by atoms with E-state index in [0.717, 1.165) is 37.8 Å². The minimum absolute atomic E-state index is 0.106. The second kappa shape index (κ2) is 7.98. The Morgan fingerprint density at radius 2 is 1.97 bits per heavy atom. The molecule has 7 nitrogen and oxygen atoms in total. The van der Waals surface area contributed by atoms with Crippen LogP contribution in [0.1, 0.15) is 65.2 Å². The topological polar surface area (TPSA) is 108 Å². The standard InChI is InChI=1S/C23H34N2O5/c1-22-9-7-15(25-30-13-20(27)24-12-21(28)29)11-14(22)3-4-16-17-5-6-19(26)23(17,2)10-8-18(16)22/h11,16-19,26H,3-10,12-13H2,1-2H3,(H,24,27)(H,28,29)/t16-,17-,18?,19+,22-,23-/m0/s1. The molecule has 0 aromatic carbocycles. The monoisotopic (exact) mass is 418 g/mol. The number of hydrogen-bond donors (Lipinski definition) is 3. The number of nitrogens with zero attached hydrogens (tertiary/aromatic N) is 1. The van der Waals surface area contributed by atoms with Gasteiger partial charge < -0.3 is 20.4 Å². The van der Waals surface area contributed by atoms with Gasteiger partial charge in [0.1, 0.15) is 6.54 Å². The highest BCUT2D eigenvalue weighted by Crippen LogP contribution is 2.65. The first kappa shape index (κ1) is 21.3. The third-order valence-corrected chi connectivity index (χ3v) is 8.74. The van der Waals surface area contributed by atoms with Crippen molar-refractivity contribution in [3.8, 4) is 0 Å². The average molecular weight is 419 g/mol. The molecule has 0 aromatic rings. The molecule has 0 aromatic heterocycles. The summed E-state index contributed by atoms with van der Waals surface area (Å²) in [6.07, 6.45) is 10.6. The summed E-state index contributed by atoms with van der Waals surface area (Å²) >= 11 is 0. The highest BCUT2D eigenvalue weighted by atomic mass is 16.6. The summed E-state index contributed by atoms with van der Waals surface area (Å²) in [5.74, 6) is 0.449. The second-order valence-electron chi connectivity index (χ2n) is 10.2. The lowest BCUT2D eigenvalue weighted by Gasteiger charge is -2.57. The fourth-order valence-electron chi connectivity index (χ4n) is 7.01. The zero-order valence-electron chi connectivity index (χ0n) is 18.0. The van der Waals surface area contributed by atoms with Gasteiger partial charge in [-0.2, -0.15) is 0 Å². The van der Waals surface area contributed by atoms with Crippen molar-refractivity contribution in [1.82, 2.24) is 5.32 Å². The number of carboxylic acids is 1. The fraction of sp³-hybridized carbons (Fsp3) is 0.783. The Balaban J connectivity index is 1.41. The van der Waals surface area contributed by atoms with Crippen molar-refractivity contribution in [2.75, 3.05) is 13.2 Å². The first-order valence-electron chi connectivity index (χ1n) is 11.3. The number of oxime groups is 1. The molecule has 0 heterocycles. The Morgan fingerprint density at radius 1 is 1.17 bits per heavy atom. The van der Waals surface area contributed by atoms with Crippen LogP contribution in [0.3, 0.4) is 0 Å². The second-order valence-corrected chi connectivity index (χ2v) is 10.2. The lowest BCUT2D eigenvalue weighted by Crippen LogP contribution is -2.51. The van der Waals surface area contributed by atoms with E-state index < -0.39 is 18.4 Å². The van der Waals surface area contributed by atoms with Gasteiger partial charge in [0.05, 0.1) is 11.8 Å². The highest BCUT2D eigenvalue weighted by Gasteiger charge is 2.58. The molecule has 1 amide bonds. The SMILES string of the molecule is C[C@]12CCC3[C@@H](CCC4=CC(=NOCC(=O)NCC(=O)O)CC[C@@]43C)[C@@H]1CC[C@H]2O. The van der Waals surface area contributed by atoms with Crippen LogP contribution in [-0.2, 0) is 14.4 Å². The summed E-state index contributed by atoms with van der Waals surface area (Å²) in [5, 5.41) is 25.6. The van der Waals surface area contributed by atoms with Crippen LogP contribution in [-0.4, -0.2) is 47.1 Å². The maximum absolute atomic E-state index is 11.6. The first-order valence-corrected chi connectivity index (χ1v) is 11.3. The minimum Gasteiger partial charge on any atom is -0.480 e. The van der Waals surface area contributed by atoms with E-state index in [1.807, 2.05) is 0 Å². The molecule has 3 saturated carbocycles. The van der Waals surface area contributed by atoms with Gasteiger partial charge in [-0.05, 0) is 86.0 Å². The normalized spacial score (nSPS) is 41.3. The van der Waals surface area contributed by atoms with E-state index >= 15 is 0 Å². The van der Waals surface area contributed by atoms with Crippen molar-refractivity contribution in [2.24, 2.45) is 33.7 Å². The predicted octanol–water partition coefficient (Wildman–Crippen LogP) is 2.88. The zero-order chi connectivity index (χ0) is 21.5. The van der Waals surface area contributed by atoms with E-state index in [0.29, 0.717) is 17.8 Å². The van der Waals surface area contributed by atoms with Gasteiger partial charge in [0.2, 0.25) is 0 Å². The Labute approximate surface area is 177 Å². The van der Waals surface area contributed by atoms with E-state index in [9.17, 15) is 14.7 Å². The molecule has 0 bridgehead atoms. The number of hydrogen-bond acceptors (Lipinski definition) is 5. The Morgan fingerprint density at radius 3 is 2.73 bits per heavy atom. The molecule has 6 atom stereocenters. The van der Waals surface area contributed by atoms with Crippen molar-refractivity contribution in [3.05, 3.63) is 11.6 Å². The van der Waals surface area contributed by atoms with Gasteiger partial charge in [-0.25, -0.2) is 0 Å². The number of amides is 1. The number of allylic oxidation sites excluding steroid dienone is 2. The van der Waals surface area contributed by atoms with E-state index in [-0.39, 0.29) is 23.5 Å². The van der Waals surface area contributed by atoms with Gasteiger partial charge in [0, 0.05) is 0 Å². The largest absolute Gasteiger partial charge is 0.480 e. The maximum atomic E-state index is 11.6. The smallest absolute Gasteiger partial charge is 0.322 e. The van der Waals surface area contributed by atoms with Gasteiger partial charge in [-0.1, -0.05) is 24.6 Å². The van der Waals surface area contributed by atoms with Crippen LogP contribution in [0.15, 0.2) is 16.8 Å². The van der Waals surface area contributed by atoms with Crippen LogP contribution in [0.25, 0.3) is 0 Å². The zero-order valence-corrected chi connectivity index (χ0v) is 18.0. The molecule has 30 heavy (non-hydrogen) atoms. The quantitative estimate of drug-likeness (QED) is 0.595. The van der Waals surface area contributed by atoms with E-state index in [1.165, 1.54) is 24.8 Å². The van der Waals surface area contributed by atoms with Crippen LogP contribution in [0, 0.1) is 28.6 Å². The highest BCUT2D eigenvalue weighted by molar-refractivity contribution is 5.96. The Bertz CT molecular complexity index is 778. The maximum Gasteiger partial charge on any atom is 0.322 e. The molecule has 7 heteroatoms. The van der Waals surface area contributed by atoms with Gasteiger partial charge in [-0.3, -0.25) is 9.59 Å². The molecular weight excluding hydrogens is 384 g/mol. The van der Waals surface area contributed by atoms with Crippen molar-refractivity contribution >= 4 is 17.6 Å². The summed E-state index contributed by atoms with van der Waals surface area (Å²) in [7, 11) is 0. The van der Waals surface area contributed by atoms with Crippen LogP contribution in [0.5, 0.6) is 0 Å². The van der Waals surface area contributed by atoms with Crippen LogP contribution in [0.4, 0.5) is 0 Å². The Kier molecular flexibility index (Phi) is 5.68. The molecule has 4 aliphatic rings. The molecule has 3 fully saturated rings. The van der Waals surface area contributed by atoms with E-state index in [2.05, 4.69) is 30.4 Å². The summed E-state index contributed by atoms with van der Waals surface area (Å²) in [5.41, 5.74) is 2.61. The molecule has 4 rings (SSSR count). The lowest BCUT2D eigenvalue weighted by atomic mass is 9.47. The number of nitrogens with one attached hydrogen (secondary N) is 1. The van der Waals surface area contributed by atoms with Crippen molar-refractivity contribution < 1.29 is 24.6 Å². The molecule has 0 saturated heterocycles. The molecule has 1 unspecified atom stereocenters. The summed E-state index contributed by atoms with van der Waals surface area (Å²) < 4.78 is 0.